The van der Waals surface area contributed by atoms with E-state index in [2.05, 4.69) is 15.3 Å². The van der Waals surface area contributed by atoms with Gasteiger partial charge < -0.3 is 15.6 Å². The van der Waals surface area contributed by atoms with E-state index in [9.17, 15) is 9.59 Å². The summed E-state index contributed by atoms with van der Waals surface area (Å²) < 4.78 is 1.92. The molecule has 0 saturated heterocycles. The summed E-state index contributed by atoms with van der Waals surface area (Å²) in [7, 11) is 1.90. The first-order valence-electron chi connectivity index (χ1n) is 7.48. The van der Waals surface area contributed by atoms with Gasteiger partial charge in [-0.3, -0.25) is 9.59 Å². The quantitative estimate of drug-likeness (QED) is 0.700. The third-order valence-electron chi connectivity index (χ3n) is 3.75. The van der Waals surface area contributed by atoms with E-state index in [1.165, 1.54) is 18.7 Å². The largest absolute Gasteiger partial charge is 0.366 e. The minimum atomic E-state index is -0.500. The molecule has 2 amide bonds. The first-order valence-corrected chi connectivity index (χ1v) is 8.70. The number of nitrogens with one attached hydrogen (secondary N) is 1. The Labute approximate surface area is 148 Å². The summed E-state index contributed by atoms with van der Waals surface area (Å²) in [6, 6.07) is 5.14. The average molecular weight is 355 g/mol. The van der Waals surface area contributed by atoms with Crippen LogP contribution in [-0.4, -0.2) is 32.6 Å². The molecule has 0 saturated carbocycles. The van der Waals surface area contributed by atoms with Gasteiger partial charge in [-0.2, -0.15) is 0 Å². The zero-order valence-electron chi connectivity index (χ0n) is 14.0. The van der Waals surface area contributed by atoms with Crippen molar-refractivity contribution >= 4 is 40.3 Å². The highest BCUT2D eigenvalue weighted by atomic mass is 32.2. The Morgan fingerprint density at radius 1 is 1.28 bits per heavy atom. The molecular weight excluding hydrogens is 338 g/mol. The van der Waals surface area contributed by atoms with Crippen molar-refractivity contribution in [3.05, 3.63) is 36.2 Å². The smallest absolute Gasteiger partial charge is 0.248 e. The van der Waals surface area contributed by atoms with Crippen molar-refractivity contribution in [2.24, 2.45) is 12.8 Å². The Morgan fingerprint density at radius 2 is 2.04 bits per heavy atom. The summed E-state index contributed by atoms with van der Waals surface area (Å²) in [6.45, 7) is 1.43. The number of thioether (sulfide) groups is 1. The molecule has 0 aliphatic rings. The van der Waals surface area contributed by atoms with Gasteiger partial charge in [-0.1, -0.05) is 0 Å². The van der Waals surface area contributed by atoms with Crippen LogP contribution in [0.2, 0.25) is 0 Å². The second-order valence-corrected chi connectivity index (χ2v) is 6.40. The van der Waals surface area contributed by atoms with Crippen LogP contribution in [0.1, 0.15) is 17.3 Å². The van der Waals surface area contributed by atoms with Crippen LogP contribution in [0, 0.1) is 0 Å². The zero-order valence-corrected chi connectivity index (χ0v) is 14.8. The van der Waals surface area contributed by atoms with Crippen LogP contribution < -0.4 is 11.1 Å². The number of carbonyl (C=O) groups is 2. The van der Waals surface area contributed by atoms with Gasteiger partial charge in [-0.15, -0.1) is 11.8 Å². The average Bonchev–Trinajstić information content (AvgIpc) is 2.90. The van der Waals surface area contributed by atoms with Crippen LogP contribution in [0.3, 0.4) is 0 Å². The summed E-state index contributed by atoms with van der Waals surface area (Å²) in [6.07, 6.45) is 5.50. The monoisotopic (exact) mass is 355 g/mol. The summed E-state index contributed by atoms with van der Waals surface area (Å²) >= 11 is 1.44. The lowest BCUT2D eigenvalue weighted by atomic mass is 10.1. The molecule has 8 heteroatoms. The zero-order chi connectivity index (χ0) is 18.1. The van der Waals surface area contributed by atoms with E-state index >= 15 is 0 Å². The number of aryl methyl sites for hydroxylation is 1. The molecule has 3 N–H and O–H groups in total. The fourth-order valence-corrected chi connectivity index (χ4v) is 3.06. The maximum atomic E-state index is 11.6. The fourth-order valence-electron chi connectivity index (χ4n) is 2.62. The summed E-state index contributed by atoms with van der Waals surface area (Å²) in [5.41, 5.74) is 8.22. The highest BCUT2D eigenvalue weighted by molar-refractivity contribution is 7.98. The number of nitrogens with two attached hydrogens (primary N) is 1. The minimum Gasteiger partial charge on any atom is -0.366 e. The van der Waals surface area contributed by atoms with Gasteiger partial charge in [0.15, 0.2) is 0 Å². The maximum absolute atomic E-state index is 11.6. The molecule has 0 aromatic carbocycles. The second-order valence-electron chi connectivity index (χ2n) is 5.57. The number of pyridine rings is 2. The van der Waals surface area contributed by atoms with Crippen molar-refractivity contribution in [3.63, 3.8) is 0 Å². The van der Waals surface area contributed by atoms with Gasteiger partial charge in [-0.25, -0.2) is 9.97 Å². The van der Waals surface area contributed by atoms with Crippen molar-refractivity contribution in [2.75, 3.05) is 11.6 Å². The fraction of sp³-hybridized carbons (Fsp3) is 0.176. The number of primary amides is 1. The van der Waals surface area contributed by atoms with Crippen LogP contribution >= 0.6 is 11.8 Å². The number of hydrogen-bond donors (Lipinski definition) is 2. The molecule has 25 heavy (non-hydrogen) atoms. The molecule has 0 radical (unpaired) electrons. The predicted molar refractivity (Wildman–Crippen MR) is 98.5 cm³/mol. The van der Waals surface area contributed by atoms with E-state index in [-0.39, 0.29) is 5.91 Å². The van der Waals surface area contributed by atoms with Gasteiger partial charge in [0.1, 0.15) is 5.82 Å². The maximum Gasteiger partial charge on any atom is 0.248 e. The highest BCUT2D eigenvalue weighted by Gasteiger charge is 2.15. The van der Waals surface area contributed by atoms with Gasteiger partial charge in [0.05, 0.1) is 22.4 Å². The van der Waals surface area contributed by atoms with Crippen molar-refractivity contribution < 1.29 is 9.59 Å². The van der Waals surface area contributed by atoms with E-state index in [0.717, 1.165) is 16.5 Å². The lowest BCUT2D eigenvalue weighted by molar-refractivity contribution is -0.114. The molecule has 128 valence electrons. The van der Waals surface area contributed by atoms with E-state index in [4.69, 9.17) is 5.73 Å². The van der Waals surface area contributed by atoms with Crippen LogP contribution in [0.5, 0.6) is 0 Å². The number of hydrogen-bond acceptors (Lipinski definition) is 5. The van der Waals surface area contributed by atoms with Crippen molar-refractivity contribution in [1.82, 2.24) is 14.5 Å². The number of rotatable bonds is 4. The molecule has 3 aromatic heterocycles. The highest BCUT2D eigenvalue weighted by Crippen LogP contribution is 2.32. The summed E-state index contributed by atoms with van der Waals surface area (Å²) in [5.74, 6) is -0.230. The number of amides is 2. The second kappa shape index (κ2) is 6.56. The number of aromatic nitrogens is 3. The lowest BCUT2D eigenvalue weighted by Crippen LogP contribution is -2.11. The van der Waals surface area contributed by atoms with Gasteiger partial charge in [0, 0.05) is 36.7 Å². The van der Waals surface area contributed by atoms with Crippen LogP contribution in [-0.2, 0) is 11.8 Å². The third-order valence-corrected chi connectivity index (χ3v) is 4.38. The summed E-state index contributed by atoms with van der Waals surface area (Å²) in [5, 5.41) is 4.26. The van der Waals surface area contributed by atoms with Gasteiger partial charge in [0.25, 0.3) is 0 Å². The number of fused-ring (bicyclic) bond motifs is 1. The molecule has 0 bridgehead atoms. The van der Waals surface area contributed by atoms with E-state index in [0.29, 0.717) is 22.1 Å². The molecule has 3 heterocycles. The van der Waals surface area contributed by atoms with E-state index in [1.54, 1.807) is 24.4 Å². The lowest BCUT2D eigenvalue weighted by Gasteiger charge is -2.06. The SMILES string of the molecule is CSc1cc(C(N)=O)cc(-c2cn(C)c3cnc(NC(C)=O)cc23)n1. The number of anilines is 1. The minimum absolute atomic E-state index is 0.192. The first-order chi connectivity index (χ1) is 11.9. The standard InChI is InChI=1S/C17H17N5O2S/c1-9(23)20-15-6-11-12(8-22(2)14(11)7-19-15)13-4-10(17(18)24)5-16(21-13)25-3/h4-8H,1-3H3,(H2,18,24)(H,19,20,23). The van der Waals surface area contributed by atoms with Crippen LogP contribution in [0.15, 0.2) is 35.6 Å². The predicted octanol–water partition coefficient (Wildman–Crippen LogP) is 2.41. The van der Waals surface area contributed by atoms with E-state index < -0.39 is 5.91 Å². The summed E-state index contributed by atoms with van der Waals surface area (Å²) in [4.78, 5) is 31.7. The molecule has 0 unspecified atom stereocenters. The molecule has 7 nitrogen and oxygen atoms in total. The topological polar surface area (TPSA) is 103 Å². The first kappa shape index (κ1) is 17.0. The number of nitrogens with zero attached hydrogens (tertiary/aromatic N) is 3. The molecule has 0 fully saturated rings. The molecule has 0 spiro atoms. The Kier molecular flexibility index (Phi) is 4.45. The molecule has 3 rings (SSSR count). The van der Waals surface area contributed by atoms with Crippen molar-refractivity contribution in [3.8, 4) is 11.3 Å². The third kappa shape index (κ3) is 3.34. The van der Waals surface area contributed by atoms with Crippen molar-refractivity contribution in [1.29, 1.82) is 0 Å². The molecule has 0 aliphatic carbocycles. The Bertz CT molecular complexity index is 996. The Hall–Kier alpha value is -2.87. The van der Waals surface area contributed by atoms with Gasteiger partial charge >= 0.3 is 0 Å². The Morgan fingerprint density at radius 3 is 2.68 bits per heavy atom. The number of carbonyl (C=O) groups excluding carboxylic acids is 2. The van der Waals surface area contributed by atoms with Gasteiger partial charge in [-0.05, 0) is 24.5 Å². The normalized spacial score (nSPS) is 10.8. The molecular formula is C17H17N5O2S. The van der Waals surface area contributed by atoms with Crippen molar-refractivity contribution in [2.45, 2.75) is 11.9 Å². The molecule has 0 aliphatic heterocycles. The Balaban J connectivity index is 2.22. The van der Waals surface area contributed by atoms with Gasteiger partial charge in [0.2, 0.25) is 11.8 Å². The molecule has 0 atom stereocenters. The van der Waals surface area contributed by atoms with Crippen LogP contribution in [0.25, 0.3) is 22.2 Å². The van der Waals surface area contributed by atoms with Crippen LogP contribution in [0.4, 0.5) is 5.82 Å². The molecule has 3 aromatic rings. The van der Waals surface area contributed by atoms with E-state index in [1.807, 2.05) is 24.1 Å².